The average Bonchev–Trinajstić information content (AvgIpc) is 2.42. The number of ether oxygens (including phenoxy) is 1. The number of carbonyl (C=O) groups is 1. The average molecular weight is 264 g/mol. The number of hydrogen-bond donors (Lipinski definition) is 2. The van der Waals surface area contributed by atoms with Gasteiger partial charge in [-0.1, -0.05) is 44.2 Å². The number of amides is 1. The van der Waals surface area contributed by atoms with Crippen LogP contribution in [0.1, 0.15) is 31.9 Å². The van der Waals surface area contributed by atoms with E-state index in [-0.39, 0.29) is 5.91 Å². The SMILES string of the molecule is CC(C)COCCCNC(=O)C(N)c1ccccc1. The molecule has 0 aliphatic heterocycles. The maximum atomic E-state index is 11.8. The topological polar surface area (TPSA) is 64.3 Å². The first kappa shape index (κ1) is 15.7. The van der Waals surface area contributed by atoms with E-state index >= 15 is 0 Å². The largest absolute Gasteiger partial charge is 0.381 e. The predicted molar refractivity (Wildman–Crippen MR) is 76.7 cm³/mol. The van der Waals surface area contributed by atoms with E-state index in [1.165, 1.54) is 0 Å². The number of benzene rings is 1. The molecular formula is C15H24N2O2. The Morgan fingerprint density at radius 3 is 2.63 bits per heavy atom. The molecule has 1 unspecified atom stereocenters. The van der Waals surface area contributed by atoms with Gasteiger partial charge in [0.2, 0.25) is 5.91 Å². The Morgan fingerprint density at radius 1 is 1.32 bits per heavy atom. The molecule has 0 radical (unpaired) electrons. The van der Waals surface area contributed by atoms with Crippen molar-refractivity contribution in [3.8, 4) is 0 Å². The van der Waals surface area contributed by atoms with Gasteiger partial charge in [0.1, 0.15) is 6.04 Å². The van der Waals surface area contributed by atoms with Crippen molar-refractivity contribution in [1.82, 2.24) is 5.32 Å². The fraction of sp³-hybridized carbons (Fsp3) is 0.533. The summed E-state index contributed by atoms with van der Waals surface area (Å²) in [6, 6.07) is 8.77. The Bertz CT molecular complexity index is 366. The number of carbonyl (C=O) groups excluding carboxylic acids is 1. The van der Waals surface area contributed by atoms with Gasteiger partial charge in [-0.3, -0.25) is 4.79 Å². The maximum absolute atomic E-state index is 11.8. The van der Waals surface area contributed by atoms with Crippen molar-refractivity contribution in [3.05, 3.63) is 35.9 Å². The number of nitrogens with two attached hydrogens (primary N) is 1. The van der Waals surface area contributed by atoms with E-state index in [0.717, 1.165) is 18.6 Å². The highest BCUT2D eigenvalue weighted by Gasteiger charge is 2.14. The summed E-state index contributed by atoms with van der Waals surface area (Å²) in [4.78, 5) is 11.8. The summed E-state index contributed by atoms with van der Waals surface area (Å²) in [6.45, 7) is 6.25. The lowest BCUT2D eigenvalue weighted by Gasteiger charge is -2.12. The molecular weight excluding hydrogens is 240 g/mol. The fourth-order valence-electron chi connectivity index (χ4n) is 1.63. The van der Waals surface area contributed by atoms with Gasteiger partial charge < -0.3 is 15.8 Å². The predicted octanol–water partition coefficient (Wildman–Crippen LogP) is 1.87. The Kier molecular flexibility index (Phi) is 7.15. The molecule has 0 fully saturated rings. The summed E-state index contributed by atoms with van der Waals surface area (Å²) in [5, 5.41) is 2.83. The van der Waals surface area contributed by atoms with E-state index in [4.69, 9.17) is 10.5 Å². The molecule has 1 aromatic carbocycles. The van der Waals surface area contributed by atoms with Gasteiger partial charge in [0.25, 0.3) is 0 Å². The van der Waals surface area contributed by atoms with Crippen LogP contribution in [0.2, 0.25) is 0 Å². The minimum Gasteiger partial charge on any atom is -0.381 e. The van der Waals surface area contributed by atoms with Crippen LogP contribution in [0.25, 0.3) is 0 Å². The molecule has 1 atom stereocenters. The lowest BCUT2D eigenvalue weighted by Crippen LogP contribution is -2.35. The molecule has 0 heterocycles. The van der Waals surface area contributed by atoms with E-state index in [0.29, 0.717) is 19.1 Å². The minimum atomic E-state index is -0.599. The fourth-order valence-corrected chi connectivity index (χ4v) is 1.63. The smallest absolute Gasteiger partial charge is 0.241 e. The van der Waals surface area contributed by atoms with Gasteiger partial charge in [0, 0.05) is 19.8 Å². The van der Waals surface area contributed by atoms with Gasteiger partial charge >= 0.3 is 0 Å². The zero-order chi connectivity index (χ0) is 14.1. The van der Waals surface area contributed by atoms with Crippen LogP contribution in [0.15, 0.2) is 30.3 Å². The van der Waals surface area contributed by atoms with Crippen molar-refractivity contribution in [1.29, 1.82) is 0 Å². The quantitative estimate of drug-likeness (QED) is 0.704. The van der Waals surface area contributed by atoms with E-state index in [9.17, 15) is 4.79 Å². The summed E-state index contributed by atoms with van der Waals surface area (Å²) >= 11 is 0. The Hall–Kier alpha value is -1.39. The van der Waals surface area contributed by atoms with Crippen molar-refractivity contribution >= 4 is 5.91 Å². The first-order chi connectivity index (χ1) is 9.11. The normalized spacial score (nSPS) is 12.4. The van der Waals surface area contributed by atoms with Crippen LogP contribution in [0, 0.1) is 5.92 Å². The summed E-state index contributed by atoms with van der Waals surface area (Å²) in [6.07, 6.45) is 0.806. The lowest BCUT2D eigenvalue weighted by molar-refractivity contribution is -0.122. The molecule has 0 bridgehead atoms. The molecule has 4 heteroatoms. The Morgan fingerprint density at radius 2 is 2.00 bits per heavy atom. The lowest BCUT2D eigenvalue weighted by atomic mass is 10.1. The van der Waals surface area contributed by atoms with Gasteiger partial charge in [0.15, 0.2) is 0 Å². The van der Waals surface area contributed by atoms with Crippen LogP contribution in [-0.4, -0.2) is 25.7 Å². The second-order valence-electron chi connectivity index (χ2n) is 5.00. The molecule has 19 heavy (non-hydrogen) atoms. The molecule has 0 spiro atoms. The molecule has 1 aromatic rings. The van der Waals surface area contributed by atoms with Crippen molar-refractivity contribution in [2.75, 3.05) is 19.8 Å². The third kappa shape index (κ3) is 6.36. The molecule has 0 aromatic heterocycles. The number of rotatable bonds is 8. The van der Waals surface area contributed by atoms with E-state index in [2.05, 4.69) is 19.2 Å². The van der Waals surface area contributed by atoms with Crippen LogP contribution in [0.3, 0.4) is 0 Å². The zero-order valence-corrected chi connectivity index (χ0v) is 11.8. The zero-order valence-electron chi connectivity index (χ0n) is 11.8. The second kappa shape index (κ2) is 8.67. The maximum Gasteiger partial charge on any atom is 0.241 e. The summed E-state index contributed by atoms with van der Waals surface area (Å²) in [5.41, 5.74) is 6.71. The van der Waals surface area contributed by atoms with Crippen LogP contribution >= 0.6 is 0 Å². The number of nitrogens with one attached hydrogen (secondary N) is 1. The molecule has 106 valence electrons. The monoisotopic (exact) mass is 264 g/mol. The molecule has 3 N–H and O–H groups in total. The van der Waals surface area contributed by atoms with Crippen LogP contribution in [0.4, 0.5) is 0 Å². The summed E-state index contributed by atoms with van der Waals surface area (Å²) in [7, 11) is 0. The van der Waals surface area contributed by atoms with Crippen molar-refractivity contribution < 1.29 is 9.53 Å². The Labute approximate surface area is 115 Å². The number of hydrogen-bond acceptors (Lipinski definition) is 3. The second-order valence-corrected chi connectivity index (χ2v) is 5.00. The molecule has 0 aliphatic rings. The van der Waals surface area contributed by atoms with Gasteiger partial charge in [0.05, 0.1) is 0 Å². The summed E-state index contributed by atoms with van der Waals surface area (Å²) in [5.74, 6) is 0.399. The van der Waals surface area contributed by atoms with E-state index in [1.54, 1.807) is 0 Å². The van der Waals surface area contributed by atoms with E-state index in [1.807, 2.05) is 30.3 Å². The highest BCUT2D eigenvalue weighted by Crippen LogP contribution is 2.08. The standard InChI is InChI=1S/C15H24N2O2/c1-12(2)11-19-10-6-9-17-15(18)14(16)13-7-4-3-5-8-13/h3-5,7-8,12,14H,6,9-11,16H2,1-2H3,(H,17,18). The third-order valence-corrected chi connectivity index (χ3v) is 2.66. The minimum absolute atomic E-state index is 0.143. The first-order valence-electron chi connectivity index (χ1n) is 6.77. The van der Waals surface area contributed by atoms with E-state index < -0.39 is 6.04 Å². The Balaban J connectivity index is 2.17. The van der Waals surface area contributed by atoms with Crippen LogP contribution < -0.4 is 11.1 Å². The van der Waals surface area contributed by atoms with Gasteiger partial charge in [-0.2, -0.15) is 0 Å². The van der Waals surface area contributed by atoms with Crippen LogP contribution in [0.5, 0.6) is 0 Å². The molecule has 1 rings (SSSR count). The summed E-state index contributed by atoms with van der Waals surface area (Å²) < 4.78 is 5.44. The molecule has 0 saturated heterocycles. The van der Waals surface area contributed by atoms with Crippen molar-refractivity contribution in [2.45, 2.75) is 26.3 Å². The highest BCUT2D eigenvalue weighted by molar-refractivity contribution is 5.82. The van der Waals surface area contributed by atoms with Gasteiger partial charge in [-0.05, 0) is 17.9 Å². The molecule has 0 saturated carbocycles. The van der Waals surface area contributed by atoms with Crippen molar-refractivity contribution in [3.63, 3.8) is 0 Å². The molecule has 1 amide bonds. The highest BCUT2D eigenvalue weighted by atomic mass is 16.5. The third-order valence-electron chi connectivity index (χ3n) is 2.66. The molecule has 4 nitrogen and oxygen atoms in total. The van der Waals surface area contributed by atoms with Gasteiger partial charge in [-0.25, -0.2) is 0 Å². The van der Waals surface area contributed by atoms with Gasteiger partial charge in [-0.15, -0.1) is 0 Å². The first-order valence-corrected chi connectivity index (χ1v) is 6.77. The van der Waals surface area contributed by atoms with Crippen LogP contribution in [-0.2, 0) is 9.53 Å². The molecule has 0 aliphatic carbocycles. The van der Waals surface area contributed by atoms with Crippen molar-refractivity contribution in [2.24, 2.45) is 11.7 Å².